The molecule has 3 aromatic carbocycles. The third-order valence-electron chi connectivity index (χ3n) is 3.79. The van der Waals surface area contributed by atoms with E-state index in [4.69, 9.17) is 12.2 Å². The Bertz CT molecular complexity index is 1120. The molecule has 0 spiro atoms. The average Bonchev–Trinajstić information content (AvgIpc) is 2.70. The van der Waals surface area contributed by atoms with E-state index in [1.807, 2.05) is 24.3 Å². The molecule has 0 saturated heterocycles. The van der Waals surface area contributed by atoms with Gasteiger partial charge in [0.2, 0.25) is 0 Å². The summed E-state index contributed by atoms with van der Waals surface area (Å²) in [7, 11) is -3.99. The smallest absolute Gasteiger partial charge is 0.264 e. The van der Waals surface area contributed by atoms with Gasteiger partial charge >= 0.3 is 0 Å². The van der Waals surface area contributed by atoms with Crippen molar-refractivity contribution < 1.29 is 13.2 Å². The number of benzene rings is 3. The quantitative estimate of drug-likeness (QED) is 0.461. The van der Waals surface area contributed by atoms with Gasteiger partial charge in [-0.15, -0.1) is 0 Å². The highest BCUT2D eigenvalue weighted by atomic mass is 79.9. The number of hydrogen-bond acceptors (Lipinski definition) is 4. The lowest BCUT2D eigenvalue weighted by Gasteiger charge is -2.11. The first-order chi connectivity index (χ1) is 13.8. The fourth-order valence-corrected chi connectivity index (χ4v) is 3.85. The molecule has 148 valence electrons. The van der Waals surface area contributed by atoms with Crippen molar-refractivity contribution in [3.63, 3.8) is 0 Å². The van der Waals surface area contributed by atoms with Gasteiger partial charge in [0.25, 0.3) is 15.9 Å². The Morgan fingerprint density at radius 1 is 0.793 bits per heavy atom. The van der Waals surface area contributed by atoms with Crippen LogP contribution in [0.1, 0.15) is 10.4 Å². The van der Waals surface area contributed by atoms with Gasteiger partial charge in [0, 0.05) is 21.4 Å². The van der Waals surface area contributed by atoms with Gasteiger partial charge in [0.1, 0.15) is 0 Å². The van der Waals surface area contributed by atoms with E-state index in [0.717, 1.165) is 10.2 Å². The number of amides is 1. The fraction of sp³-hybridized carbons (Fsp3) is 0. The van der Waals surface area contributed by atoms with Crippen LogP contribution in [0, 0.1) is 0 Å². The van der Waals surface area contributed by atoms with Gasteiger partial charge in [-0.3, -0.25) is 4.79 Å². The molecular formula is C20H16BrN3O3S2. The molecule has 0 radical (unpaired) electrons. The van der Waals surface area contributed by atoms with Gasteiger partial charge in [0.15, 0.2) is 5.11 Å². The van der Waals surface area contributed by atoms with Crippen molar-refractivity contribution >= 4 is 60.6 Å². The Kier molecular flexibility index (Phi) is 6.63. The summed E-state index contributed by atoms with van der Waals surface area (Å²) in [6.45, 7) is 0. The minimum absolute atomic E-state index is 0.0286. The van der Waals surface area contributed by atoms with Gasteiger partial charge in [0.05, 0.1) is 4.90 Å². The molecule has 0 aliphatic heterocycles. The summed E-state index contributed by atoms with van der Waals surface area (Å²) in [5.74, 6) is -0.687. The highest BCUT2D eigenvalue weighted by Crippen LogP contribution is 2.17. The molecule has 0 saturated carbocycles. The molecule has 0 bridgehead atoms. The van der Waals surface area contributed by atoms with Crippen LogP contribution in [-0.4, -0.2) is 19.4 Å². The van der Waals surface area contributed by atoms with Gasteiger partial charge in [-0.2, -0.15) is 0 Å². The third kappa shape index (κ3) is 5.86. The summed E-state index contributed by atoms with van der Waals surface area (Å²) >= 11 is 8.62. The first kappa shape index (κ1) is 21.0. The minimum atomic E-state index is -3.99. The SMILES string of the molecule is O=C(NS(=O)(=O)c1ccc(NC(=S)Nc2ccc(Br)cc2)cc1)c1ccccc1. The third-order valence-corrected chi connectivity index (χ3v) is 5.87. The molecule has 3 N–H and O–H groups in total. The summed E-state index contributed by atoms with van der Waals surface area (Å²) in [4.78, 5) is 12.1. The van der Waals surface area contributed by atoms with Crippen LogP contribution in [0.15, 0.2) is 88.2 Å². The van der Waals surface area contributed by atoms with Gasteiger partial charge in [-0.05, 0) is 72.9 Å². The van der Waals surface area contributed by atoms with Crippen LogP contribution in [-0.2, 0) is 10.0 Å². The van der Waals surface area contributed by atoms with Crippen LogP contribution in [0.25, 0.3) is 0 Å². The number of rotatable bonds is 5. The molecule has 0 aromatic heterocycles. The topological polar surface area (TPSA) is 87.3 Å². The molecule has 3 rings (SSSR count). The largest absolute Gasteiger partial charge is 0.332 e. The maximum Gasteiger partial charge on any atom is 0.264 e. The van der Waals surface area contributed by atoms with E-state index in [9.17, 15) is 13.2 Å². The summed E-state index contributed by atoms with van der Waals surface area (Å²) in [6.07, 6.45) is 0. The molecular weight excluding hydrogens is 474 g/mol. The zero-order chi connectivity index (χ0) is 20.9. The minimum Gasteiger partial charge on any atom is -0.332 e. The monoisotopic (exact) mass is 489 g/mol. The van der Waals surface area contributed by atoms with Crippen LogP contribution in [0.3, 0.4) is 0 Å². The van der Waals surface area contributed by atoms with Crippen LogP contribution in [0.5, 0.6) is 0 Å². The highest BCUT2D eigenvalue weighted by molar-refractivity contribution is 9.10. The van der Waals surface area contributed by atoms with E-state index < -0.39 is 15.9 Å². The molecule has 0 unspecified atom stereocenters. The van der Waals surface area contributed by atoms with Crippen LogP contribution in [0.2, 0.25) is 0 Å². The average molecular weight is 490 g/mol. The Balaban J connectivity index is 1.63. The van der Waals surface area contributed by atoms with Crippen LogP contribution >= 0.6 is 28.1 Å². The summed E-state index contributed by atoms with van der Waals surface area (Å²) < 4.78 is 27.9. The summed E-state index contributed by atoms with van der Waals surface area (Å²) in [5, 5.41) is 6.37. The Labute approximate surface area is 182 Å². The number of halogens is 1. The first-order valence-electron chi connectivity index (χ1n) is 8.39. The maximum absolute atomic E-state index is 12.4. The molecule has 0 atom stereocenters. The van der Waals surface area contributed by atoms with E-state index in [2.05, 4.69) is 31.3 Å². The summed E-state index contributed by atoms with van der Waals surface area (Å²) in [5.41, 5.74) is 1.68. The van der Waals surface area contributed by atoms with Crippen molar-refractivity contribution in [2.75, 3.05) is 10.6 Å². The lowest BCUT2D eigenvalue weighted by atomic mass is 10.2. The van der Waals surface area contributed by atoms with Crippen molar-refractivity contribution in [2.45, 2.75) is 4.90 Å². The van der Waals surface area contributed by atoms with Gasteiger partial charge in [-0.25, -0.2) is 13.1 Å². The van der Waals surface area contributed by atoms with E-state index in [1.165, 1.54) is 24.3 Å². The second kappa shape index (κ2) is 9.17. The molecule has 1 amide bonds. The number of sulfonamides is 1. The standard InChI is InChI=1S/C20H16BrN3O3S2/c21-15-6-8-16(9-7-15)22-20(28)23-17-10-12-18(13-11-17)29(26,27)24-19(25)14-4-2-1-3-5-14/h1-13H,(H,24,25)(H2,22,23,28). The molecule has 3 aromatic rings. The molecule has 0 aliphatic rings. The molecule has 0 aliphatic carbocycles. The Hall–Kier alpha value is -2.75. The lowest BCUT2D eigenvalue weighted by Crippen LogP contribution is -2.30. The van der Waals surface area contributed by atoms with Crippen molar-refractivity contribution in [2.24, 2.45) is 0 Å². The Morgan fingerprint density at radius 3 is 1.86 bits per heavy atom. The lowest BCUT2D eigenvalue weighted by molar-refractivity contribution is 0.0981. The molecule has 0 fully saturated rings. The second-order valence-corrected chi connectivity index (χ2v) is 8.92. The van der Waals surface area contributed by atoms with Crippen molar-refractivity contribution in [1.82, 2.24) is 4.72 Å². The van der Waals surface area contributed by atoms with E-state index in [1.54, 1.807) is 30.3 Å². The predicted molar refractivity (Wildman–Crippen MR) is 122 cm³/mol. The predicted octanol–water partition coefficient (Wildman–Crippen LogP) is 4.38. The van der Waals surface area contributed by atoms with Crippen molar-refractivity contribution in [3.8, 4) is 0 Å². The molecule has 29 heavy (non-hydrogen) atoms. The zero-order valence-corrected chi connectivity index (χ0v) is 18.1. The van der Waals surface area contributed by atoms with E-state index >= 15 is 0 Å². The highest BCUT2D eigenvalue weighted by Gasteiger charge is 2.18. The van der Waals surface area contributed by atoms with E-state index in [-0.39, 0.29) is 10.5 Å². The van der Waals surface area contributed by atoms with Crippen LogP contribution < -0.4 is 15.4 Å². The van der Waals surface area contributed by atoms with Crippen LogP contribution in [0.4, 0.5) is 11.4 Å². The normalized spacial score (nSPS) is 10.8. The number of nitrogens with one attached hydrogen (secondary N) is 3. The zero-order valence-electron chi connectivity index (χ0n) is 14.9. The number of anilines is 2. The number of carbonyl (C=O) groups excluding carboxylic acids is 1. The molecule has 0 heterocycles. The molecule has 9 heteroatoms. The van der Waals surface area contributed by atoms with E-state index in [0.29, 0.717) is 10.8 Å². The second-order valence-electron chi connectivity index (χ2n) is 5.91. The Morgan fingerprint density at radius 2 is 1.31 bits per heavy atom. The number of thiocarbonyl (C=S) groups is 1. The number of hydrogen-bond donors (Lipinski definition) is 3. The van der Waals surface area contributed by atoms with Gasteiger partial charge in [-0.1, -0.05) is 34.1 Å². The first-order valence-corrected chi connectivity index (χ1v) is 11.1. The number of carbonyl (C=O) groups is 1. The fourth-order valence-electron chi connectivity index (χ4n) is 2.37. The molecule has 6 nitrogen and oxygen atoms in total. The maximum atomic E-state index is 12.4. The summed E-state index contributed by atoms with van der Waals surface area (Å²) in [6, 6.07) is 21.6. The van der Waals surface area contributed by atoms with Gasteiger partial charge < -0.3 is 10.6 Å². The van der Waals surface area contributed by atoms with Crippen molar-refractivity contribution in [3.05, 3.63) is 88.9 Å². The van der Waals surface area contributed by atoms with Crippen molar-refractivity contribution in [1.29, 1.82) is 0 Å².